The highest BCUT2D eigenvalue weighted by atomic mass is 32.2. The van der Waals surface area contributed by atoms with Crippen LogP contribution in [0.1, 0.15) is 5.56 Å². The van der Waals surface area contributed by atoms with Gasteiger partial charge in [-0.15, -0.1) is 0 Å². The lowest BCUT2D eigenvalue weighted by Crippen LogP contribution is -2.27. The van der Waals surface area contributed by atoms with Gasteiger partial charge in [-0.25, -0.2) is 13.1 Å². The van der Waals surface area contributed by atoms with E-state index in [9.17, 15) is 8.42 Å². The highest BCUT2D eigenvalue weighted by Crippen LogP contribution is 2.09. The van der Waals surface area contributed by atoms with Crippen LogP contribution in [0.25, 0.3) is 10.4 Å². The van der Waals surface area contributed by atoms with Crippen LogP contribution in [0.3, 0.4) is 0 Å². The Morgan fingerprint density at radius 2 is 1.56 bits per heavy atom. The van der Waals surface area contributed by atoms with Crippen molar-refractivity contribution in [3.05, 3.63) is 40.3 Å². The molecule has 0 bridgehead atoms. The van der Waals surface area contributed by atoms with Gasteiger partial charge in [-0.3, -0.25) is 0 Å². The fourth-order valence-corrected chi connectivity index (χ4v) is 2.75. The van der Waals surface area contributed by atoms with Crippen LogP contribution in [-0.4, -0.2) is 61.1 Å². The van der Waals surface area contributed by atoms with Crippen LogP contribution < -0.4 is 4.72 Å². The van der Waals surface area contributed by atoms with E-state index in [1.807, 2.05) is 6.92 Å². The maximum absolute atomic E-state index is 12.0. The molecule has 0 aliphatic carbocycles. The third-order valence-electron chi connectivity index (χ3n) is 3.01. The maximum Gasteiger partial charge on any atom is 0.240 e. The van der Waals surface area contributed by atoms with Crippen molar-refractivity contribution in [1.82, 2.24) is 4.72 Å². The number of hydrogen-bond acceptors (Lipinski definition) is 6. The van der Waals surface area contributed by atoms with Crippen LogP contribution in [0, 0.1) is 6.92 Å². The highest BCUT2D eigenvalue weighted by Gasteiger charge is 2.12. The topological polar surface area (TPSA) is 123 Å². The molecule has 0 aliphatic heterocycles. The Morgan fingerprint density at radius 1 is 1.00 bits per heavy atom. The number of nitrogens with one attached hydrogen (secondary N) is 1. The largest absolute Gasteiger partial charge is 0.379 e. The zero-order chi connectivity index (χ0) is 18.4. The van der Waals surface area contributed by atoms with Gasteiger partial charge in [-0.2, -0.15) is 0 Å². The molecule has 0 saturated heterocycles. The molecule has 1 aromatic carbocycles. The van der Waals surface area contributed by atoms with Gasteiger partial charge in [0.25, 0.3) is 0 Å². The van der Waals surface area contributed by atoms with Crippen LogP contribution in [0.5, 0.6) is 0 Å². The lowest BCUT2D eigenvalue weighted by molar-refractivity contribution is 0.0171. The molecular formula is C15H24N4O5S. The highest BCUT2D eigenvalue weighted by molar-refractivity contribution is 7.89. The van der Waals surface area contributed by atoms with E-state index in [2.05, 4.69) is 14.7 Å². The number of azide groups is 1. The Labute approximate surface area is 148 Å². The molecule has 0 aliphatic rings. The predicted octanol–water partition coefficient (Wildman–Crippen LogP) is 1.63. The first kappa shape index (κ1) is 21.4. The first-order chi connectivity index (χ1) is 12.1. The minimum atomic E-state index is -3.50. The number of hydrogen-bond donors (Lipinski definition) is 1. The molecule has 1 aromatic rings. The van der Waals surface area contributed by atoms with Crippen LogP contribution in [0.15, 0.2) is 34.3 Å². The molecule has 0 amide bonds. The second-order valence-electron chi connectivity index (χ2n) is 5.00. The standard InChI is InChI=1S/C15H24N4O5S/c1-14-2-4-15(5-3-14)25(20,21)18-7-9-23-11-13-24-12-10-22-8-6-17-19-16/h2-5,18H,6-13H2,1H3. The normalized spacial score (nSPS) is 11.2. The zero-order valence-electron chi connectivity index (χ0n) is 14.3. The molecule has 140 valence electrons. The third-order valence-corrected chi connectivity index (χ3v) is 4.49. The Bertz CT molecular complexity index is 630. The van der Waals surface area contributed by atoms with E-state index in [1.54, 1.807) is 24.3 Å². The van der Waals surface area contributed by atoms with Crippen molar-refractivity contribution in [3.63, 3.8) is 0 Å². The van der Waals surface area contributed by atoms with Crippen LogP contribution >= 0.6 is 0 Å². The quantitative estimate of drug-likeness (QED) is 0.230. The van der Waals surface area contributed by atoms with Gasteiger partial charge in [-0.05, 0) is 24.6 Å². The van der Waals surface area contributed by atoms with Crippen molar-refractivity contribution in [1.29, 1.82) is 0 Å². The second-order valence-corrected chi connectivity index (χ2v) is 6.77. The number of benzene rings is 1. The summed E-state index contributed by atoms with van der Waals surface area (Å²) in [5.41, 5.74) is 9.07. The summed E-state index contributed by atoms with van der Waals surface area (Å²) in [4.78, 5) is 2.85. The molecule has 0 saturated carbocycles. The first-order valence-corrected chi connectivity index (χ1v) is 9.35. The summed E-state index contributed by atoms with van der Waals surface area (Å²) < 4.78 is 42.2. The van der Waals surface area contributed by atoms with Crippen molar-refractivity contribution in [2.24, 2.45) is 5.11 Å². The number of sulfonamides is 1. The molecule has 0 fully saturated rings. The molecule has 0 atom stereocenters. The average Bonchev–Trinajstić information content (AvgIpc) is 2.59. The number of rotatable bonds is 14. The van der Waals surface area contributed by atoms with E-state index in [0.29, 0.717) is 39.6 Å². The molecule has 1 rings (SSSR count). The Morgan fingerprint density at radius 3 is 2.16 bits per heavy atom. The van der Waals surface area contributed by atoms with Crippen molar-refractivity contribution < 1.29 is 22.6 Å². The van der Waals surface area contributed by atoms with E-state index in [1.165, 1.54) is 0 Å². The lowest BCUT2D eigenvalue weighted by Gasteiger charge is -2.08. The summed E-state index contributed by atoms with van der Waals surface area (Å²) in [6.07, 6.45) is 0. The van der Waals surface area contributed by atoms with Gasteiger partial charge in [0.05, 0.1) is 44.5 Å². The molecule has 1 N–H and O–H groups in total. The van der Waals surface area contributed by atoms with Crippen LogP contribution in [0.2, 0.25) is 0 Å². The Balaban J connectivity index is 1.99. The summed E-state index contributed by atoms with van der Waals surface area (Å²) in [6.45, 7) is 4.61. The molecule has 0 unspecified atom stereocenters. The number of ether oxygens (including phenoxy) is 3. The zero-order valence-corrected chi connectivity index (χ0v) is 15.1. The molecule has 9 nitrogen and oxygen atoms in total. The first-order valence-electron chi connectivity index (χ1n) is 7.86. The van der Waals surface area contributed by atoms with E-state index >= 15 is 0 Å². The minimum Gasteiger partial charge on any atom is -0.379 e. The van der Waals surface area contributed by atoms with Crippen LogP contribution in [0.4, 0.5) is 0 Å². The van der Waals surface area contributed by atoms with Gasteiger partial charge >= 0.3 is 0 Å². The average molecular weight is 372 g/mol. The molecule has 0 aromatic heterocycles. The summed E-state index contributed by atoms with van der Waals surface area (Å²) in [5.74, 6) is 0. The Kier molecular flexibility index (Phi) is 10.8. The third kappa shape index (κ3) is 10.0. The fraction of sp³-hybridized carbons (Fsp3) is 0.600. The van der Waals surface area contributed by atoms with Gasteiger partial charge in [-0.1, -0.05) is 22.8 Å². The SMILES string of the molecule is Cc1ccc(S(=O)(=O)NCCOCCOCCOCCN=[N+]=[N-])cc1. The van der Waals surface area contributed by atoms with E-state index in [4.69, 9.17) is 19.7 Å². The van der Waals surface area contributed by atoms with E-state index in [0.717, 1.165) is 5.56 Å². The molecule has 10 heteroatoms. The van der Waals surface area contributed by atoms with Gasteiger partial charge < -0.3 is 14.2 Å². The second kappa shape index (κ2) is 12.6. The van der Waals surface area contributed by atoms with Crippen molar-refractivity contribution in [2.75, 3.05) is 52.7 Å². The van der Waals surface area contributed by atoms with Crippen molar-refractivity contribution in [2.45, 2.75) is 11.8 Å². The summed E-state index contributed by atoms with van der Waals surface area (Å²) >= 11 is 0. The molecule has 25 heavy (non-hydrogen) atoms. The van der Waals surface area contributed by atoms with Gasteiger partial charge in [0.15, 0.2) is 0 Å². The number of nitrogens with zero attached hydrogens (tertiary/aromatic N) is 3. The predicted molar refractivity (Wildman–Crippen MR) is 92.8 cm³/mol. The van der Waals surface area contributed by atoms with Gasteiger partial charge in [0.2, 0.25) is 10.0 Å². The lowest BCUT2D eigenvalue weighted by atomic mass is 10.2. The minimum absolute atomic E-state index is 0.193. The maximum atomic E-state index is 12.0. The monoisotopic (exact) mass is 372 g/mol. The molecule has 0 radical (unpaired) electrons. The van der Waals surface area contributed by atoms with Crippen molar-refractivity contribution >= 4 is 10.0 Å². The van der Waals surface area contributed by atoms with E-state index in [-0.39, 0.29) is 18.0 Å². The molecular weight excluding hydrogens is 348 g/mol. The molecule has 0 heterocycles. The van der Waals surface area contributed by atoms with Crippen molar-refractivity contribution in [3.8, 4) is 0 Å². The van der Waals surface area contributed by atoms with Gasteiger partial charge in [0, 0.05) is 18.0 Å². The summed E-state index contributed by atoms with van der Waals surface area (Å²) in [6, 6.07) is 6.65. The number of aryl methyl sites for hydroxylation is 1. The Hall–Kier alpha value is -1.68. The smallest absolute Gasteiger partial charge is 0.240 e. The van der Waals surface area contributed by atoms with Crippen LogP contribution in [-0.2, 0) is 24.2 Å². The molecule has 0 spiro atoms. The van der Waals surface area contributed by atoms with Gasteiger partial charge in [0.1, 0.15) is 0 Å². The summed E-state index contributed by atoms with van der Waals surface area (Å²) in [7, 11) is -3.50. The fourth-order valence-electron chi connectivity index (χ4n) is 1.74. The summed E-state index contributed by atoms with van der Waals surface area (Å²) in [5, 5.41) is 3.33. The van der Waals surface area contributed by atoms with E-state index < -0.39 is 10.0 Å².